The molecule has 1 aromatic heterocycles. The molecular weight excluding hydrogens is 372 g/mol. The summed E-state index contributed by atoms with van der Waals surface area (Å²) in [4.78, 5) is 6.52. The molecule has 2 aromatic rings. The van der Waals surface area contributed by atoms with Gasteiger partial charge in [-0.1, -0.05) is 31.2 Å². The molecule has 2 heterocycles. The van der Waals surface area contributed by atoms with Gasteiger partial charge >= 0.3 is 0 Å². The number of hydrogen-bond acceptors (Lipinski definition) is 4. The first-order chi connectivity index (χ1) is 13.1. The molecular formula is C21H30N4S2. The summed E-state index contributed by atoms with van der Waals surface area (Å²) in [5.74, 6) is 0. The van der Waals surface area contributed by atoms with E-state index in [4.69, 9.17) is 12.2 Å². The number of benzene rings is 1. The van der Waals surface area contributed by atoms with Gasteiger partial charge in [-0.15, -0.1) is 11.3 Å². The summed E-state index contributed by atoms with van der Waals surface area (Å²) in [6.45, 7) is 12.2. The van der Waals surface area contributed by atoms with E-state index >= 15 is 0 Å². The number of rotatable bonds is 6. The van der Waals surface area contributed by atoms with Crippen molar-refractivity contribution in [1.29, 1.82) is 0 Å². The number of hydrogen-bond donors (Lipinski definition) is 2. The van der Waals surface area contributed by atoms with E-state index in [1.165, 1.54) is 10.4 Å². The first-order valence-corrected chi connectivity index (χ1v) is 11.0. The molecule has 4 nitrogen and oxygen atoms in total. The van der Waals surface area contributed by atoms with Gasteiger partial charge in [0, 0.05) is 42.8 Å². The molecule has 1 aromatic carbocycles. The Morgan fingerprint density at radius 3 is 2.52 bits per heavy atom. The molecule has 2 N–H and O–H groups in total. The average molecular weight is 403 g/mol. The van der Waals surface area contributed by atoms with E-state index in [1.807, 2.05) is 23.5 Å². The lowest BCUT2D eigenvalue weighted by Crippen LogP contribution is -2.52. The fraction of sp³-hybridized carbons (Fsp3) is 0.476. The Bertz CT molecular complexity index is 724. The van der Waals surface area contributed by atoms with Crippen LogP contribution in [0.3, 0.4) is 0 Å². The Labute approximate surface area is 172 Å². The highest BCUT2D eigenvalue weighted by Crippen LogP contribution is 2.29. The van der Waals surface area contributed by atoms with E-state index in [1.54, 1.807) is 0 Å². The second-order valence-corrected chi connectivity index (χ2v) is 8.52. The minimum absolute atomic E-state index is 0.223. The van der Waals surface area contributed by atoms with Crippen LogP contribution in [0.1, 0.15) is 30.3 Å². The Kier molecular flexibility index (Phi) is 7.24. The van der Waals surface area contributed by atoms with E-state index in [2.05, 4.69) is 70.9 Å². The van der Waals surface area contributed by atoms with E-state index in [9.17, 15) is 0 Å². The van der Waals surface area contributed by atoms with Gasteiger partial charge in [0.1, 0.15) is 0 Å². The largest absolute Gasteiger partial charge is 0.358 e. The summed E-state index contributed by atoms with van der Waals surface area (Å²) < 4.78 is 0. The number of nitrogens with one attached hydrogen (secondary N) is 2. The van der Waals surface area contributed by atoms with Crippen LogP contribution in [-0.4, -0.2) is 53.7 Å². The Morgan fingerprint density at radius 1 is 1.15 bits per heavy atom. The maximum atomic E-state index is 5.61. The van der Waals surface area contributed by atoms with Crippen molar-refractivity contribution in [1.82, 2.24) is 15.1 Å². The zero-order valence-electron chi connectivity index (χ0n) is 16.4. The minimum atomic E-state index is 0.223. The molecule has 1 aliphatic rings. The summed E-state index contributed by atoms with van der Waals surface area (Å²) in [5, 5.41) is 9.75. The number of anilines is 1. The predicted octanol–water partition coefficient (Wildman–Crippen LogP) is 4.11. The number of nitrogens with zero attached hydrogens (tertiary/aromatic N) is 2. The maximum absolute atomic E-state index is 5.61. The second kappa shape index (κ2) is 9.64. The number of aryl methyl sites for hydroxylation is 1. The summed E-state index contributed by atoms with van der Waals surface area (Å²) >= 11 is 7.45. The van der Waals surface area contributed by atoms with Gasteiger partial charge in [-0.3, -0.25) is 4.90 Å². The van der Waals surface area contributed by atoms with E-state index < -0.39 is 0 Å². The third-order valence-electron chi connectivity index (χ3n) is 5.31. The van der Waals surface area contributed by atoms with Crippen LogP contribution in [0.2, 0.25) is 0 Å². The zero-order chi connectivity index (χ0) is 19.2. The third-order valence-corrected chi connectivity index (χ3v) is 6.47. The normalized spacial score (nSPS) is 18.0. The van der Waals surface area contributed by atoms with Crippen molar-refractivity contribution in [3.05, 3.63) is 52.2 Å². The average Bonchev–Trinajstić information content (AvgIpc) is 3.18. The van der Waals surface area contributed by atoms with Crippen LogP contribution >= 0.6 is 23.6 Å². The van der Waals surface area contributed by atoms with Crippen molar-refractivity contribution in [3.8, 4) is 0 Å². The zero-order valence-corrected chi connectivity index (χ0v) is 18.1. The van der Waals surface area contributed by atoms with E-state index in [0.717, 1.165) is 38.4 Å². The van der Waals surface area contributed by atoms with E-state index in [-0.39, 0.29) is 6.04 Å². The number of para-hydroxylation sites is 1. The number of piperazine rings is 1. The fourth-order valence-corrected chi connectivity index (χ4v) is 4.98. The highest BCUT2D eigenvalue weighted by molar-refractivity contribution is 7.80. The number of thiophene rings is 1. The van der Waals surface area contributed by atoms with Gasteiger partial charge in [-0.05, 0) is 55.7 Å². The molecule has 0 amide bonds. The quantitative estimate of drug-likeness (QED) is 0.710. The molecule has 0 radical (unpaired) electrons. The van der Waals surface area contributed by atoms with Crippen molar-refractivity contribution in [2.45, 2.75) is 32.9 Å². The molecule has 1 saturated heterocycles. The first-order valence-electron chi connectivity index (χ1n) is 9.71. The van der Waals surface area contributed by atoms with Gasteiger partial charge in [0.2, 0.25) is 0 Å². The summed E-state index contributed by atoms with van der Waals surface area (Å²) in [6, 6.07) is 13.2. The molecule has 1 aliphatic heterocycles. The Morgan fingerprint density at radius 2 is 1.89 bits per heavy atom. The van der Waals surface area contributed by atoms with Gasteiger partial charge in [0.15, 0.2) is 5.11 Å². The molecule has 2 atom stereocenters. The Balaban J connectivity index is 1.67. The van der Waals surface area contributed by atoms with Crippen LogP contribution in [0.15, 0.2) is 41.8 Å². The standard InChI is InChI=1S/C21H30N4S2/c1-4-24-11-13-25(14-12-24)20(19-10-7-15-27-19)17(3)22-21(26)23-18-9-6-5-8-16(18)2/h5-10,15,17,20H,4,11-14H2,1-3H3,(H2,22,23,26)/t17-,20-/m1/s1. The van der Waals surface area contributed by atoms with Crippen molar-refractivity contribution in [3.63, 3.8) is 0 Å². The van der Waals surface area contributed by atoms with Crippen molar-refractivity contribution < 1.29 is 0 Å². The minimum Gasteiger partial charge on any atom is -0.358 e. The van der Waals surface area contributed by atoms with Crippen molar-refractivity contribution in [2.24, 2.45) is 0 Å². The molecule has 0 aliphatic carbocycles. The van der Waals surface area contributed by atoms with Crippen LogP contribution in [0.25, 0.3) is 0 Å². The lowest BCUT2D eigenvalue weighted by molar-refractivity contribution is 0.0883. The van der Waals surface area contributed by atoms with Gasteiger partial charge in [0.05, 0.1) is 6.04 Å². The topological polar surface area (TPSA) is 30.5 Å². The van der Waals surface area contributed by atoms with Gasteiger partial charge in [0.25, 0.3) is 0 Å². The van der Waals surface area contributed by atoms with Gasteiger partial charge in [-0.25, -0.2) is 0 Å². The molecule has 146 valence electrons. The molecule has 27 heavy (non-hydrogen) atoms. The molecule has 0 unspecified atom stereocenters. The van der Waals surface area contributed by atoms with Crippen LogP contribution in [0.5, 0.6) is 0 Å². The van der Waals surface area contributed by atoms with Crippen LogP contribution in [-0.2, 0) is 0 Å². The summed E-state index contributed by atoms with van der Waals surface area (Å²) in [7, 11) is 0. The van der Waals surface area contributed by atoms with Crippen molar-refractivity contribution >= 4 is 34.4 Å². The molecule has 0 saturated carbocycles. The predicted molar refractivity (Wildman–Crippen MR) is 121 cm³/mol. The smallest absolute Gasteiger partial charge is 0.171 e. The molecule has 3 rings (SSSR count). The lowest BCUT2D eigenvalue weighted by Gasteiger charge is -2.41. The highest BCUT2D eigenvalue weighted by atomic mass is 32.1. The summed E-state index contributed by atoms with van der Waals surface area (Å²) in [5.41, 5.74) is 2.26. The fourth-order valence-electron chi connectivity index (χ4n) is 3.72. The molecule has 1 fully saturated rings. The van der Waals surface area contributed by atoms with E-state index in [0.29, 0.717) is 11.2 Å². The Hall–Kier alpha value is -1.47. The monoisotopic (exact) mass is 402 g/mol. The number of likely N-dealkylation sites (N-methyl/N-ethyl adjacent to an activating group) is 1. The number of thiocarbonyl (C=S) groups is 1. The highest BCUT2D eigenvalue weighted by Gasteiger charge is 2.30. The lowest BCUT2D eigenvalue weighted by atomic mass is 10.0. The molecule has 6 heteroatoms. The molecule has 0 bridgehead atoms. The maximum Gasteiger partial charge on any atom is 0.171 e. The van der Waals surface area contributed by atoms with Gasteiger partial charge in [-0.2, -0.15) is 0 Å². The van der Waals surface area contributed by atoms with Crippen LogP contribution < -0.4 is 10.6 Å². The van der Waals surface area contributed by atoms with Gasteiger partial charge < -0.3 is 15.5 Å². The first kappa shape index (κ1) is 20.3. The summed E-state index contributed by atoms with van der Waals surface area (Å²) in [6.07, 6.45) is 0. The second-order valence-electron chi connectivity index (χ2n) is 7.13. The molecule has 0 spiro atoms. The van der Waals surface area contributed by atoms with Crippen molar-refractivity contribution in [2.75, 3.05) is 38.0 Å². The third kappa shape index (κ3) is 5.29. The van der Waals surface area contributed by atoms with Crippen LogP contribution in [0, 0.1) is 6.92 Å². The van der Waals surface area contributed by atoms with Crippen LogP contribution in [0.4, 0.5) is 5.69 Å². The SMILES string of the molecule is CCN1CCN([C@@H](c2cccs2)[C@@H](C)NC(=S)Nc2ccccc2C)CC1.